The fourth-order valence-electron chi connectivity index (χ4n) is 1.35. The van der Waals surface area contributed by atoms with E-state index >= 15 is 0 Å². The molecule has 0 aromatic heterocycles. The summed E-state index contributed by atoms with van der Waals surface area (Å²) in [7, 11) is 4.05. The third-order valence-corrected chi connectivity index (χ3v) is 2.53. The number of esters is 1. The molecular weight excluding hydrogens is 248 g/mol. The van der Waals surface area contributed by atoms with Gasteiger partial charge in [-0.15, -0.1) is 0 Å². The second kappa shape index (κ2) is 5.75. The predicted molar refractivity (Wildman–Crippen MR) is 61.5 cm³/mol. The number of hydrogen-bond acceptors (Lipinski definition) is 5. The van der Waals surface area contributed by atoms with Gasteiger partial charge in [-0.3, -0.25) is 0 Å². The third kappa shape index (κ3) is 2.81. The Balaban J connectivity index is 3.27. The Labute approximate surface area is 104 Å². The molecule has 1 rings (SSSR count). The molecule has 1 unspecified atom stereocenters. The first-order chi connectivity index (χ1) is 8.04. The van der Waals surface area contributed by atoms with Crippen LogP contribution in [0.3, 0.4) is 0 Å². The van der Waals surface area contributed by atoms with E-state index in [-0.39, 0.29) is 16.3 Å². The largest absolute Gasteiger partial charge is 0.497 e. The lowest BCUT2D eigenvalue weighted by atomic mass is 10.1. The van der Waals surface area contributed by atoms with E-state index in [2.05, 4.69) is 4.74 Å². The number of hydrogen-bond donors (Lipinski definition) is 1. The van der Waals surface area contributed by atoms with Gasteiger partial charge in [0.1, 0.15) is 11.5 Å². The van der Waals surface area contributed by atoms with Crippen LogP contribution in [0, 0.1) is 0 Å². The molecule has 17 heavy (non-hydrogen) atoms. The lowest BCUT2D eigenvalue weighted by Gasteiger charge is -2.15. The van der Waals surface area contributed by atoms with Crippen molar-refractivity contribution in [1.29, 1.82) is 0 Å². The number of rotatable bonds is 4. The number of halogens is 1. The predicted octanol–water partition coefficient (Wildman–Crippen LogP) is 1.56. The first-order valence-corrected chi connectivity index (χ1v) is 5.10. The van der Waals surface area contributed by atoms with Crippen molar-refractivity contribution in [2.75, 3.05) is 21.3 Å². The van der Waals surface area contributed by atoms with Crippen LogP contribution in [0.2, 0.25) is 5.02 Å². The summed E-state index contributed by atoms with van der Waals surface area (Å²) in [5.41, 5.74) is 0.154. The molecule has 0 fully saturated rings. The Morgan fingerprint density at radius 2 is 1.94 bits per heavy atom. The van der Waals surface area contributed by atoms with E-state index in [0.29, 0.717) is 5.75 Å². The van der Waals surface area contributed by atoms with Crippen molar-refractivity contribution < 1.29 is 24.1 Å². The lowest BCUT2D eigenvalue weighted by molar-refractivity contribution is -0.150. The van der Waals surface area contributed by atoms with Gasteiger partial charge >= 0.3 is 5.97 Å². The lowest BCUT2D eigenvalue weighted by Crippen LogP contribution is -2.15. The molecule has 0 saturated heterocycles. The Morgan fingerprint density at radius 1 is 1.29 bits per heavy atom. The van der Waals surface area contributed by atoms with E-state index < -0.39 is 12.1 Å². The second-order valence-corrected chi connectivity index (χ2v) is 3.56. The van der Waals surface area contributed by atoms with Crippen LogP contribution in [0.25, 0.3) is 0 Å². The highest BCUT2D eigenvalue weighted by Crippen LogP contribution is 2.36. The number of aliphatic hydroxyl groups excluding tert-OH is 1. The van der Waals surface area contributed by atoms with Gasteiger partial charge in [-0.1, -0.05) is 11.6 Å². The van der Waals surface area contributed by atoms with E-state index in [9.17, 15) is 9.90 Å². The summed E-state index contributed by atoms with van der Waals surface area (Å²) in [6, 6.07) is 3.00. The highest BCUT2D eigenvalue weighted by molar-refractivity contribution is 6.32. The summed E-state index contributed by atoms with van der Waals surface area (Å²) in [4.78, 5) is 11.3. The Kier molecular flexibility index (Phi) is 4.60. The van der Waals surface area contributed by atoms with Gasteiger partial charge in [0, 0.05) is 6.07 Å². The minimum atomic E-state index is -1.49. The minimum Gasteiger partial charge on any atom is -0.497 e. The molecule has 0 aliphatic rings. The average molecular weight is 261 g/mol. The number of carbonyl (C=O) groups excluding carboxylic acids is 1. The first-order valence-electron chi connectivity index (χ1n) is 4.72. The molecule has 1 aromatic rings. The molecule has 0 aliphatic carbocycles. The van der Waals surface area contributed by atoms with Crippen LogP contribution in [0.4, 0.5) is 0 Å². The smallest absolute Gasteiger partial charge is 0.339 e. The topological polar surface area (TPSA) is 65.0 Å². The van der Waals surface area contributed by atoms with E-state index in [1.54, 1.807) is 0 Å². The Hall–Kier alpha value is -1.46. The van der Waals surface area contributed by atoms with Crippen LogP contribution in [-0.4, -0.2) is 32.4 Å². The van der Waals surface area contributed by atoms with Gasteiger partial charge in [0.15, 0.2) is 6.10 Å². The van der Waals surface area contributed by atoms with Crippen LogP contribution in [-0.2, 0) is 9.53 Å². The van der Waals surface area contributed by atoms with Crippen molar-refractivity contribution in [3.63, 3.8) is 0 Å². The van der Waals surface area contributed by atoms with Crippen LogP contribution >= 0.6 is 11.6 Å². The van der Waals surface area contributed by atoms with Crippen molar-refractivity contribution in [3.05, 3.63) is 22.7 Å². The molecule has 0 spiro atoms. The zero-order chi connectivity index (χ0) is 13.0. The van der Waals surface area contributed by atoms with Crippen molar-refractivity contribution in [2.45, 2.75) is 6.10 Å². The SMILES string of the molecule is COC(=O)C(O)c1c(Cl)cc(OC)cc1OC. The van der Waals surface area contributed by atoms with Crippen LogP contribution < -0.4 is 9.47 Å². The van der Waals surface area contributed by atoms with Gasteiger partial charge in [-0.05, 0) is 6.07 Å². The number of benzene rings is 1. The maximum absolute atomic E-state index is 11.3. The van der Waals surface area contributed by atoms with E-state index in [1.165, 1.54) is 33.5 Å². The standard InChI is InChI=1S/C11H13ClO5/c1-15-6-4-7(12)9(8(5-6)16-2)10(13)11(14)17-3/h4-5,10,13H,1-3H3. The summed E-state index contributed by atoms with van der Waals surface area (Å²) in [5, 5.41) is 9.93. The molecule has 1 atom stereocenters. The summed E-state index contributed by atoms with van der Waals surface area (Å²) in [5.74, 6) is -0.0877. The van der Waals surface area contributed by atoms with Gasteiger partial charge in [-0.2, -0.15) is 0 Å². The van der Waals surface area contributed by atoms with Gasteiger partial charge < -0.3 is 19.3 Å². The fourth-order valence-corrected chi connectivity index (χ4v) is 1.65. The Morgan fingerprint density at radius 3 is 2.41 bits per heavy atom. The van der Waals surface area contributed by atoms with E-state index in [1.807, 2.05) is 0 Å². The van der Waals surface area contributed by atoms with E-state index in [4.69, 9.17) is 21.1 Å². The van der Waals surface area contributed by atoms with Gasteiger partial charge in [-0.25, -0.2) is 4.79 Å². The zero-order valence-corrected chi connectivity index (χ0v) is 10.4. The maximum atomic E-state index is 11.3. The van der Waals surface area contributed by atoms with Crippen molar-refractivity contribution in [2.24, 2.45) is 0 Å². The number of ether oxygens (including phenoxy) is 3. The molecule has 1 aromatic carbocycles. The van der Waals surface area contributed by atoms with Crippen LogP contribution in [0.1, 0.15) is 11.7 Å². The highest BCUT2D eigenvalue weighted by atomic mass is 35.5. The third-order valence-electron chi connectivity index (χ3n) is 2.22. The van der Waals surface area contributed by atoms with Crippen molar-refractivity contribution in [1.82, 2.24) is 0 Å². The van der Waals surface area contributed by atoms with Crippen molar-refractivity contribution >= 4 is 17.6 Å². The molecule has 0 aliphatic heterocycles. The van der Waals surface area contributed by atoms with E-state index in [0.717, 1.165) is 0 Å². The summed E-state index contributed by atoms with van der Waals surface area (Å²) in [6.07, 6.45) is -1.49. The highest BCUT2D eigenvalue weighted by Gasteiger charge is 2.25. The minimum absolute atomic E-state index is 0.154. The summed E-state index contributed by atoms with van der Waals surface area (Å²) >= 11 is 5.96. The molecule has 0 saturated carbocycles. The van der Waals surface area contributed by atoms with Gasteiger partial charge in [0.25, 0.3) is 0 Å². The average Bonchev–Trinajstić information content (AvgIpc) is 2.35. The summed E-state index contributed by atoms with van der Waals surface area (Å²) in [6.45, 7) is 0. The number of aliphatic hydroxyl groups is 1. The molecular formula is C11H13ClO5. The molecule has 5 nitrogen and oxygen atoms in total. The maximum Gasteiger partial charge on any atom is 0.339 e. The fraction of sp³-hybridized carbons (Fsp3) is 0.364. The Bertz CT molecular complexity index is 419. The molecule has 0 amide bonds. The van der Waals surface area contributed by atoms with Crippen molar-refractivity contribution in [3.8, 4) is 11.5 Å². The molecule has 94 valence electrons. The first kappa shape index (κ1) is 13.6. The van der Waals surface area contributed by atoms with Crippen LogP contribution in [0.15, 0.2) is 12.1 Å². The number of carbonyl (C=O) groups is 1. The molecule has 0 heterocycles. The normalized spacial score (nSPS) is 11.8. The van der Waals surface area contributed by atoms with Gasteiger partial charge in [0.2, 0.25) is 0 Å². The quantitative estimate of drug-likeness (QED) is 0.833. The second-order valence-electron chi connectivity index (χ2n) is 3.15. The molecule has 0 radical (unpaired) electrons. The van der Waals surface area contributed by atoms with Gasteiger partial charge in [0.05, 0.1) is 31.9 Å². The molecule has 0 bridgehead atoms. The monoisotopic (exact) mass is 260 g/mol. The van der Waals surface area contributed by atoms with Crippen LogP contribution in [0.5, 0.6) is 11.5 Å². The zero-order valence-electron chi connectivity index (χ0n) is 9.69. The summed E-state index contributed by atoms with van der Waals surface area (Å²) < 4.78 is 14.5. The molecule has 6 heteroatoms. The number of methoxy groups -OCH3 is 3. The molecule has 1 N–H and O–H groups in total.